The number of hydrogen-bond donors (Lipinski definition) is 0. The Labute approximate surface area is 174 Å². The molecule has 4 rings (SSSR count). The summed E-state index contributed by atoms with van der Waals surface area (Å²) in [5.41, 5.74) is 0. The van der Waals surface area contributed by atoms with Gasteiger partial charge in [-0.25, -0.2) is 8.42 Å². The SMILES string of the molecule is COc1ccc(S(=O)(=O)N2CCC[C@H](C(=O)N3CCC[C@@H]4CCCC[C@H]43)C2)cc1. The zero-order valence-corrected chi connectivity index (χ0v) is 18.1. The van der Waals surface area contributed by atoms with Gasteiger partial charge in [-0.05, 0) is 68.7 Å². The fraction of sp³-hybridized carbons (Fsp3) is 0.682. The first kappa shape index (κ1) is 20.7. The first-order valence-corrected chi connectivity index (χ1v) is 12.4. The number of fused-ring (bicyclic) bond motifs is 1. The van der Waals surface area contributed by atoms with Gasteiger partial charge in [0.25, 0.3) is 0 Å². The summed E-state index contributed by atoms with van der Waals surface area (Å²) in [5, 5.41) is 0. The van der Waals surface area contributed by atoms with Crippen molar-refractivity contribution in [3.05, 3.63) is 24.3 Å². The van der Waals surface area contributed by atoms with E-state index in [2.05, 4.69) is 4.90 Å². The van der Waals surface area contributed by atoms with Crippen LogP contribution in [0.1, 0.15) is 51.4 Å². The van der Waals surface area contributed by atoms with Crippen molar-refractivity contribution in [2.45, 2.75) is 62.3 Å². The van der Waals surface area contributed by atoms with E-state index in [0.717, 1.165) is 32.2 Å². The molecule has 1 aliphatic carbocycles. The molecule has 1 amide bonds. The van der Waals surface area contributed by atoms with Crippen molar-refractivity contribution in [2.24, 2.45) is 11.8 Å². The van der Waals surface area contributed by atoms with Crippen LogP contribution in [0.25, 0.3) is 0 Å². The van der Waals surface area contributed by atoms with Gasteiger partial charge in [-0.1, -0.05) is 12.8 Å². The van der Waals surface area contributed by atoms with Crippen molar-refractivity contribution in [2.75, 3.05) is 26.7 Å². The normalized spacial score (nSPS) is 28.6. The highest BCUT2D eigenvalue weighted by Crippen LogP contribution is 2.37. The van der Waals surface area contributed by atoms with Gasteiger partial charge < -0.3 is 9.64 Å². The van der Waals surface area contributed by atoms with E-state index >= 15 is 0 Å². The molecule has 1 aromatic carbocycles. The van der Waals surface area contributed by atoms with Gasteiger partial charge in [-0.15, -0.1) is 0 Å². The van der Waals surface area contributed by atoms with Gasteiger partial charge in [0.15, 0.2) is 0 Å². The molecule has 0 spiro atoms. The van der Waals surface area contributed by atoms with Crippen LogP contribution in [0.2, 0.25) is 0 Å². The Balaban J connectivity index is 1.47. The molecule has 1 aromatic rings. The van der Waals surface area contributed by atoms with E-state index in [-0.39, 0.29) is 16.7 Å². The number of benzene rings is 1. The topological polar surface area (TPSA) is 66.9 Å². The zero-order valence-electron chi connectivity index (χ0n) is 17.3. The van der Waals surface area contributed by atoms with Gasteiger partial charge in [0.1, 0.15) is 5.75 Å². The molecule has 29 heavy (non-hydrogen) atoms. The largest absolute Gasteiger partial charge is 0.497 e. The molecule has 0 unspecified atom stereocenters. The van der Waals surface area contributed by atoms with Crippen LogP contribution >= 0.6 is 0 Å². The van der Waals surface area contributed by atoms with Gasteiger partial charge in [-0.3, -0.25) is 4.79 Å². The molecule has 160 valence electrons. The lowest BCUT2D eigenvalue weighted by atomic mass is 9.77. The van der Waals surface area contributed by atoms with Gasteiger partial charge in [0.05, 0.1) is 17.9 Å². The number of piperidine rings is 2. The number of likely N-dealkylation sites (tertiary alicyclic amines) is 1. The van der Waals surface area contributed by atoms with Crippen molar-refractivity contribution >= 4 is 15.9 Å². The number of carbonyl (C=O) groups excluding carboxylic acids is 1. The molecule has 0 radical (unpaired) electrons. The molecule has 2 heterocycles. The fourth-order valence-electron chi connectivity index (χ4n) is 5.39. The lowest BCUT2D eigenvalue weighted by Crippen LogP contribution is -2.54. The highest BCUT2D eigenvalue weighted by atomic mass is 32.2. The monoisotopic (exact) mass is 420 g/mol. The van der Waals surface area contributed by atoms with Crippen LogP contribution in [0, 0.1) is 11.8 Å². The van der Waals surface area contributed by atoms with E-state index in [4.69, 9.17) is 4.74 Å². The van der Waals surface area contributed by atoms with E-state index in [1.807, 2.05) is 0 Å². The number of rotatable bonds is 4. The molecule has 2 saturated heterocycles. The molecule has 3 atom stereocenters. The van der Waals surface area contributed by atoms with Gasteiger partial charge in [0, 0.05) is 25.7 Å². The number of methoxy groups -OCH3 is 1. The predicted molar refractivity (Wildman–Crippen MR) is 111 cm³/mol. The highest BCUT2D eigenvalue weighted by molar-refractivity contribution is 7.89. The standard InChI is InChI=1S/C22H32N2O4S/c1-28-19-10-12-20(13-11-19)29(26,27)23-14-4-8-18(16-23)22(25)24-15-5-7-17-6-2-3-9-21(17)24/h10-13,17-18,21H,2-9,14-16H2,1H3/t17-,18-,21+/m0/s1. The van der Waals surface area contributed by atoms with Crippen molar-refractivity contribution in [1.29, 1.82) is 0 Å². The van der Waals surface area contributed by atoms with E-state index < -0.39 is 10.0 Å². The summed E-state index contributed by atoms with van der Waals surface area (Å²) in [4.78, 5) is 15.8. The predicted octanol–water partition coefficient (Wildman–Crippen LogP) is 3.28. The Hall–Kier alpha value is -1.60. The Morgan fingerprint density at radius 2 is 1.66 bits per heavy atom. The minimum absolute atomic E-state index is 0.177. The third-order valence-electron chi connectivity index (χ3n) is 6.96. The molecule has 0 N–H and O–H groups in total. The lowest BCUT2D eigenvalue weighted by molar-refractivity contribution is -0.143. The van der Waals surface area contributed by atoms with Crippen LogP contribution in [-0.4, -0.2) is 56.3 Å². The fourth-order valence-corrected chi connectivity index (χ4v) is 6.92. The molecule has 1 saturated carbocycles. The van der Waals surface area contributed by atoms with Crippen LogP contribution < -0.4 is 4.74 Å². The Bertz CT molecular complexity index is 822. The molecular weight excluding hydrogens is 388 g/mol. The van der Waals surface area contributed by atoms with E-state index in [1.165, 1.54) is 30.0 Å². The second kappa shape index (κ2) is 8.64. The summed E-state index contributed by atoms with van der Waals surface area (Å²) in [6, 6.07) is 6.86. The van der Waals surface area contributed by atoms with E-state index in [9.17, 15) is 13.2 Å². The maximum atomic E-state index is 13.4. The molecule has 0 bridgehead atoms. The van der Waals surface area contributed by atoms with Crippen molar-refractivity contribution in [1.82, 2.24) is 9.21 Å². The van der Waals surface area contributed by atoms with Crippen LogP contribution in [0.15, 0.2) is 29.2 Å². The average Bonchev–Trinajstić information content (AvgIpc) is 2.78. The molecule has 2 aliphatic heterocycles. The molecule has 0 aromatic heterocycles. The summed E-state index contributed by atoms with van der Waals surface area (Å²) in [7, 11) is -2.04. The summed E-state index contributed by atoms with van der Waals surface area (Å²) in [6.07, 6.45) is 8.64. The summed E-state index contributed by atoms with van der Waals surface area (Å²) < 4.78 is 32.9. The maximum Gasteiger partial charge on any atom is 0.243 e. The smallest absolute Gasteiger partial charge is 0.243 e. The van der Waals surface area contributed by atoms with Crippen LogP contribution in [0.5, 0.6) is 5.75 Å². The molecule has 3 fully saturated rings. The highest BCUT2D eigenvalue weighted by Gasteiger charge is 2.40. The number of nitrogens with zero attached hydrogens (tertiary/aromatic N) is 2. The number of hydrogen-bond acceptors (Lipinski definition) is 4. The first-order valence-electron chi connectivity index (χ1n) is 11.0. The van der Waals surface area contributed by atoms with Crippen molar-refractivity contribution in [3.8, 4) is 5.75 Å². The molecule has 3 aliphatic rings. The molecular formula is C22H32N2O4S. The van der Waals surface area contributed by atoms with E-state index in [0.29, 0.717) is 30.8 Å². The van der Waals surface area contributed by atoms with Crippen LogP contribution in [0.3, 0.4) is 0 Å². The Morgan fingerprint density at radius 1 is 0.966 bits per heavy atom. The third kappa shape index (κ3) is 4.17. The zero-order chi connectivity index (χ0) is 20.4. The first-order chi connectivity index (χ1) is 14.0. The third-order valence-corrected chi connectivity index (χ3v) is 8.84. The number of sulfonamides is 1. The Morgan fingerprint density at radius 3 is 2.41 bits per heavy atom. The van der Waals surface area contributed by atoms with Gasteiger partial charge in [-0.2, -0.15) is 4.31 Å². The molecule has 6 nitrogen and oxygen atoms in total. The van der Waals surface area contributed by atoms with E-state index in [1.54, 1.807) is 31.4 Å². The van der Waals surface area contributed by atoms with Gasteiger partial charge >= 0.3 is 0 Å². The molecule has 7 heteroatoms. The van der Waals surface area contributed by atoms with Crippen LogP contribution in [-0.2, 0) is 14.8 Å². The number of carbonyl (C=O) groups is 1. The number of ether oxygens (including phenoxy) is 1. The average molecular weight is 421 g/mol. The van der Waals surface area contributed by atoms with Crippen molar-refractivity contribution in [3.63, 3.8) is 0 Å². The summed E-state index contributed by atoms with van der Waals surface area (Å²) in [6.45, 7) is 1.60. The number of amides is 1. The van der Waals surface area contributed by atoms with Crippen LogP contribution in [0.4, 0.5) is 0 Å². The summed E-state index contributed by atoms with van der Waals surface area (Å²) in [5.74, 6) is 1.22. The minimum atomic E-state index is -3.60. The maximum absolute atomic E-state index is 13.4. The van der Waals surface area contributed by atoms with Gasteiger partial charge in [0.2, 0.25) is 15.9 Å². The quantitative estimate of drug-likeness (QED) is 0.750. The Kier molecular flexibility index (Phi) is 6.16. The minimum Gasteiger partial charge on any atom is -0.497 e. The van der Waals surface area contributed by atoms with Crippen molar-refractivity contribution < 1.29 is 17.9 Å². The second-order valence-electron chi connectivity index (χ2n) is 8.66. The summed E-state index contributed by atoms with van der Waals surface area (Å²) >= 11 is 0. The lowest BCUT2D eigenvalue weighted by Gasteiger charge is -2.46. The second-order valence-corrected chi connectivity index (χ2v) is 10.6.